The van der Waals surface area contributed by atoms with Crippen molar-refractivity contribution in [1.29, 1.82) is 0 Å². The summed E-state index contributed by atoms with van der Waals surface area (Å²) in [7, 11) is 0. The lowest BCUT2D eigenvalue weighted by molar-refractivity contribution is 0.101. The van der Waals surface area contributed by atoms with E-state index in [1.54, 1.807) is 6.07 Å². The van der Waals surface area contributed by atoms with Crippen LogP contribution in [0.25, 0.3) is 5.65 Å². The zero-order valence-electron chi connectivity index (χ0n) is 19.1. The van der Waals surface area contributed by atoms with Gasteiger partial charge < -0.3 is 20.5 Å². The summed E-state index contributed by atoms with van der Waals surface area (Å²) in [4.78, 5) is 7.10. The van der Waals surface area contributed by atoms with Gasteiger partial charge in [-0.2, -0.15) is 0 Å². The third-order valence-corrected chi connectivity index (χ3v) is 7.09. The van der Waals surface area contributed by atoms with Crippen LogP contribution in [0, 0.1) is 18.7 Å². The third kappa shape index (κ3) is 4.54. The molecular weight excluding hydrogens is 421 g/mol. The van der Waals surface area contributed by atoms with E-state index in [2.05, 4.69) is 4.90 Å². The highest BCUT2D eigenvalue weighted by atomic mass is 19.1. The Balaban J connectivity index is 1.58. The fraction of sp³-hybridized carbons (Fsp3) is 0.520. The Hall–Kier alpha value is -2.71. The van der Waals surface area contributed by atoms with Crippen LogP contribution < -0.4 is 10.6 Å². The monoisotopic (exact) mass is 453 g/mol. The predicted molar refractivity (Wildman–Crippen MR) is 126 cm³/mol. The van der Waals surface area contributed by atoms with Crippen molar-refractivity contribution in [2.24, 2.45) is 5.92 Å². The van der Waals surface area contributed by atoms with Gasteiger partial charge in [-0.1, -0.05) is 18.6 Å². The van der Waals surface area contributed by atoms with Crippen LogP contribution in [-0.4, -0.2) is 52.1 Å². The average molecular weight is 454 g/mol. The Morgan fingerprint density at radius 1 is 1.24 bits per heavy atom. The van der Waals surface area contributed by atoms with Crippen LogP contribution in [0.15, 0.2) is 24.3 Å². The molecule has 1 saturated heterocycles. The number of aliphatic hydroxyl groups excluding tert-OH is 1. The van der Waals surface area contributed by atoms with E-state index in [0.29, 0.717) is 42.5 Å². The van der Waals surface area contributed by atoms with Gasteiger partial charge in [0.2, 0.25) is 0 Å². The van der Waals surface area contributed by atoms with Crippen LogP contribution in [0.5, 0.6) is 0 Å². The molecule has 33 heavy (non-hydrogen) atoms. The van der Waals surface area contributed by atoms with Gasteiger partial charge in [-0.15, -0.1) is 5.10 Å². The van der Waals surface area contributed by atoms with E-state index in [4.69, 9.17) is 20.6 Å². The molecule has 0 radical (unpaired) electrons. The number of morpholine rings is 1. The molecule has 1 aliphatic carbocycles. The number of imidazole rings is 1. The van der Waals surface area contributed by atoms with Gasteiger partial charge in [-0.25, -0.2) is 13.9 Å². The van der Waals surface area contributed by atoms with Crippen LogP contribution in [0.1, 0.15) is 48.2 Å². The first-order chi connectivity index (χ1) is 16.0. The first-order valence-corrected chi connectivity index (χ1v) is 11.9. The molecule has 0 bridgehead atoms. The fourth-order valence-electron chi connectivity index (χ4n) is 5.15. The second-order valence-corrected chi connectivity index (χ2v) is 9.39. The number of rotatable bonds is 5. The number of halogens is 1. The molecular formula is C25H32FN5O2. The highest BCUT2D eigenvalue weighted by Gasteiger charge is 2.25. The van der Waals surface area contributed by atoms with Gasteiger partial charge in [0.05, 0.1) is 36.4 Å². The van der Waals surface area contributed by atoms with Crippen LogP contribution in [0.2, 0.25) is 0 Å². The maximum atomic E-state index is 14.3. The lowest BCUT2D eigenvalue weighted by atomic mass is 9.84. The largest absolute Gasteiger partial charge is 0.396 e. The smallest absolute Gasteiger partial charge is 0.177 e. The highest BCUT2D eigenvalue weighted by molar-refractivity contribution is 5.69. The maximum Gasteiger partial charge on any atom is 0.177 e. The number of nitrogens with two attached hydrogens (primary N) is 1. The van der Waals surface area contributed by atoms with Crippen molar-refractivity contribution in [3.63, 3.8) is 0 Å². The number of nitrogens with zero attached hydrogens (tertiary/aromatic N) is 4. The van der Waals surface area contributed by atoms with Crippen molar-refractivity contribution in [2.45, 2.75) is 51.6 Å². The number of nitrogen functional groups attached to an aromatic ring is 1. The standard InChI is InChI=1S/C25H32FN5O2/c1-16-18(5-3-7-20(16)26)14-23-22(13-17-4-2-6-19(32)12-17)28-25-21(27)15-24(29-31(23)25)30-8-10-33-11-9-30/h3,5,7,15,17,19,32H,2,4,6,8-14,27H2,1H3. The van der Waals surface area contributed by atoms with Crippen LogP contribution in [0.3, 0.4) is 0 Å². The first-order valence-electron chi connectivity index (χ1n) is 11.9. The molecule has 7 nitrogen and oxygen atoms in total. The number of aromatic nitrogens is 3. The van der Waals surface area contributed by atoms with E-state index in [0.717, 1.165) is 68.0 Å². The SMILES string of the molecule is Cc1c(F)cccc1Cc1c(CC2CCCC(O)C2)nc2c(N)cc(N3CCOCC3)nn12. The lowest BCUT2D eigenvalue weighted by Gasteiger charge is -2.28. The van der Waals surface area contributed by atoms with Gasteiger partial charge in [-0.05, 0) is 55.7 Å². The molecule has 3 heterocycles. The second kappa shape index (κ2) is 9.27. The zero-order valence-corrected chi connectivity index (χ0v) is 19.1. The summed E-state index contributed by atoms with van der Waals surface area (Å²) in [5.74, 6) is 0.961. The van der Waals surface area contributed by atoms with Gasteiger partial charge in [0.1, 0.15) is 5.82 Å². The lowest BCUT2D eigenvalue weighted by Crippen LogP contribution is -2.37. The summed E-state index contributed by atoms with van der Waals surface area (Å²) in [6.07, 6.45) is 4.79. The van der Waals surface area contributed by atoms with E-state index in [9.17, 15) is 9.50 Å². The molecule has 2 atom stereocenters. The Morgan fingerprint density at radius 3 is 2.85 bits per heavy atom. The molecule has 176 valence electrons. The summed E-state index contributed by atoms with van der Waals surface area (Å²) in [6.45, 7) is 4.66. The normalized spacial score (nSPS) is 21.6. The second-order valence-electron chi connectivity index (χ2n) is 9.39. The first kappa shape index (κ1) is 22.1. The minimum Gasteiger partial charge on any atom is -0.396 e. The molecule has 0 spiro atoms. The summed E-state index contributed by atoms with van der Waals surface area (Å²) in [6, 6.07) is 7.09. The van der Waals surface area contributed by atoms with E-state index in [1.807, 2.05) is 23.6 Å². The molecule has 3 aromatic rings. The summed E-state index contributed by atoms with van der Waals surface area (Å²) in [5, 5.41) is 15.1. The summed E-state index contributed by atoms with van der Waals surface area (Å²) < 4.78 is 21.7. The molecule has 1 saturated carbocycles. The van der Waals surface area contributed by atoms with E-state index < -0.39 is 0 Å². The van der Waals surface area contributed by atoms with Crippen molar-refractivity contribution in [3.8, 4) is 0 Å². The Labute approximate surface area is 193 Å². The van der Waals surface area contributed by atoms with E-state index >= 15 is 0 Å². The molecule has 2 aliphatic rings. The number of hydrogen-bond acceptors (Lipinski definition) is 6. The van der Waals surface area contributed by atoms with Gasteiger partial charge in [0.15, 0.2) is 11.5 Å². The molecule has 2 aromatic heterocycles. The number of anilines is 2. The highest BCUT2D eigenvalue weighted by Crippen LogP contribution is 2.31. The summed E-state index contributed by atoms with van der Waals surface area (Å²) >= 11 is 0. The quantitative estimate of drug-likeness (QED) is 0.616. The molecule has 3 N–H and O–H groups in total. The van der Waals surface area contributed by atoms with Crippen molar-refractivity contribution in [1.82, 2.24) is 14.6 Å². The molecule has 8 heteroatoms. The van der Waals surface area contributed by atoms with Gasteiger partial charge in [-0.3, -0.25) is 0 Å². The third-order valence-electron chi connectivity index (χ3n) is 7.09. The van der Waals surface area contributed by atoms with E-state index in [-0.39, 0.29) is 11.9 Å². The number of hydrogen-bond donors (Lipinski definition) is 2. The van der Waals surface area contributed by atoms with Crippen molar-refractivity contribution < 1.29 is 14.2 Å². The summed E-state index contributed by atoms with van der Waals surface area (Å²) in [5.41, 5.74) is 11.1. The minimum absolute atomic E-state index is 0.209. The fourth-order valence-corrected chi connectivity index (χ4v) is 5.15. The predicted octanol–water partition coefficient (Wildman–Crippen LogP) is 3.28. The van der Waals surface area contributed by atoms with Crippen molar-refractivity contribution in [3.05, 3.63) is 52.6 Å². The van der Waals surface area contributed by atoms with Crippen molar-refractivity contribution in [2.75, 3.05) is 36.9 Å². The molecule has 2 fully saturated rings. The molecule has 1 aliphatic heterocycles. The minimum atomic E-state index is -0.245. The van der Waals surface area contributed by atoms with Gasteiger partial charge in [0.25, 0.3) is 0 Å². The van der Waals surface area contributed by atoms with Gasteiger partial charge in [0, 0.05) is 25.6 Å². The Morgan fingerprint density at radius 2 is 2.06 bits per heavy atom. The van der Waals surface area contributed by atoms with Crippen LogP contribution in [0.4, 0.5) is 15.9 Å². The molecule has 1 aromatic carbocycles. The number of aliphatic hydroxyl groups is 1. The number of benzene rings is 1. The molecule has 0 amide bonds. The average Bonchev–Trinajstić information content (AvgIpc) is 3.15. The Kier molecular flexibility index (Phi) is 6.21. The topological polar surface area (TPSA) is 88.9 Å². The van der Waals surface area contributed by atoms with Crippen LogP contribution in [-0.2, 0) is 17.6 Å². The van der Waals surface area contributed by atoms with Gasteiger partial charge >= 0.3 is 0 Å². The van der Waals surface area contributed by atoms with Crippen LogP contribution >= 0.6 is 0 Å². The zero-order chi connectivity index (χ0) is 22.9. The number of ether oxygens (including phenoxy) is 1. The molecule has 2 unspecified atom stereocenters. The Bertz CT molecular complexity index is 1140. The number of fused-ring (bicyclic) bond motifs is 1. The maximum absolute atomic E-state index is 14.3. The van der Waals surface area contributed by atoms with E-state index in [1.165, 1.54) is 6.07 Å². The van der Waals surface area contributed by atoms with Crippen molar-refractivity contribution >= 4 is 17.2 Å². The molecule has 5 rings (SSSR count).